The summed E-state index contributed by atoms with van der Waals surface area (Å²) in [6, 6.07) is 18.0. The van der Waals surface area contributed by atoms with Gasteiger partial charge in [-0.3, -0.25) is 5.10 Å². The van der Waals surface area contributed by atoms with E-state index in [-0.39, 0.29) is 0 Å². The van der Waals surface area contributed by atoms with E-state index in [0.29, 0.717) is 13.2 Å². The molecule has 0 fully saturated rings. The molecule has 2 aromatic carbocycles. The lowest BCUT2D eigenvalue weighted by Crippen LogP contribution is -2.02. The highest BCUT2D eigenvalue weighted by Gasteiger charge is 2.05. The molecule has 0 unspecified atom stereocenters. The lowest BCUT2D eigenvalue weighted by molar-refractivity contribution is 0.295. The number of benzene rings is 2. The number of aromatic nitrogens is 4. The first kappa shape index (κ1) is 18.0. The molecule has 0 bridgehead atoms. The maximum atomic E-state index is 5.91. The van der Waals surface area contributed by atoms with E-state index in [0.717, 1.165) is 52.3 Å². The van der Waals surface area contributed by atoms with Crippen LogP contribution in [-0.2, 0) is 13.0 Å². The van der Waals surface area contributed by atoms with Gasteiger partial charge in [0.15, 0.2) is 0 Å². The molecule has 28 heavy (non-hydrogen) atoms. The van der Waals surface area contributed by atoms with Crippen molar-refractivity contribution < 1.29 is 9.47 Å². The number of nitrogens with one attached hydrogen (secondary N) is 1. The summed E-state index contributed by atoms with van der Waals surface area (Å²) in [6.45, 7) is 3.08. The number of nitrogens with zero attached hydrogens (tertiary/aromatic N) is 3. The van der Waals surface area contributed by atoms with Crippen LogP contribution < -0.4 is 9.47 Å². The van der Waals surface area contributed by atoms with Gasteiger partial charge in [-0.2, -0.15) is 5.10 Å². The van der Waals surface area contributed by atoms with Gasteiger partial charge in [-0.25, -0.2) is 9.97 Å². The summed E-state index contributed by atoms with van der Waals surface area (Å²) < 4.78 is 11.8. The second kappa shape index (κ2) is 8.52. The van der Waals surface area contributed by atoms with Crippen LogP contribution >= 0.6 is 0 Å². The zero-order chi connectivity index (χ0) is 19.2. The second-order valence-electron chi connectivity index (χ2n) is 6.60. The standard InChI is InChI=1S/C22H22N4O2/c1-16-13-19(10-11-21(16)27-12-4-7-22-23-15-24-26-22)28-14-18-9-8-17-5-2-3-6-20(17)25-18/h2-3,5-6,8-11,13,15H,4,7,12,14H2,1H3,(H,23,24,26). The third kappa shape index (κ3) is 4.46. The summed E-state index contributed by atoms with van der Waals surface area (Å²) in [7, 11) is 0. The van der Waals surface area contributed by atoms with Gasteiger partial charge < -0.3 is 9.47 Å². The van der Waals surface area contributed by atoms with Crippen molar-refractivity contribution in [1.29, 1.82) is 0 Å². The van der Waals surface area contributed by atoms with Crippen molar-refractivity contribution in [2.45, 2.75) is 26.4 Å². The molecule has 6 nitrogen and oxygen atoms in total. The summed E-state index contributed by atoms with van der Waals surface area (Å²) in [5, 5.41) is 7.83. The van der Waals surface area contributed by atoms with Gasteiger partial charge in [0.2, 0.25) is 0 Å². The molecular formula is C22H22N4O2. The molecule has 2 heterocycles. The number of aromatic amines is 1. The molecular weight excluding hydrogens is 352 g/mol. The monoisotopic (exact) mass is 374 g/mol. The van der Waals surface area contributed by atoms with Crippen molar-refractivity contribution in [2.24, 2.45) is 0 Å². The molecule has 0 saturated carbocycles. The van der Waals surface area contributed by atoms with Crippen molar-refractivity contribution in [1.82, 2.24) is 20.2 Å². The van der Waals surface area contributed by atoms with Gasteiger partial charge in [0.25, 0.3) is 0 Å². The van der Waals surface area contributed by atoms with Crippen molar-refractivity contribution in [3.63, 3.8) is 0 Å². The average Bonchev–Trinajstić information content (AvgIpc) is 3.24. The number of hydrogen-bond acceptors (Lipinski definition) is 5. The van der Waals surface area contributed by atoms with Crippen LogP contribution in [0.1, 0.15) is 23.5 Å². The highest BCUT2D eigenvalue weighted by atomic mass is 16.5. The van der Waals surface area contributed by atoms with Gasteiger partial charge in [-0.15, -0.1) is 0 Å². The maximum Gasteiger partial charge on any atom is 0.137 e. The molecule has 0 atom stereocenters. The van der Waals surface area contributed by atoms with Gasteiger partial charge >= 0.3 is 0 Å². The Balaban J connectivity index is 1.30. The fraction of sp³-hybridized carbons (Fsp3) is 0.227. The van der Waals surface area contributed by atoms with Gasteiger partial charge in [0.1, 0.15) is 30.3 Å². The molecule has 4 aromatic rings. The van der Waals surface area contributed by atoms with Crippen molar-refractivity contribution in [3.8, 4) is 11.5 Å². The number of ether oxygens (including phenoxy) is 2. The summed E-state index contributed by atoms with van der Waals surface area (Å²) in [6.07, 6.45) is 3.21. The smallest absolute Gasteiger partial charge is 0.137 e. The Labute approximate surface area is 163 Å². The maximum absolute atomic E-state index is 5.91. The lowest BCUT2D eigenvalue weighted by Gasteiger charge is -2.11. The molecule has 4 rings (SSSR count). The van der Waals surface area contributed by atoms with Crippen LogP contribution in [0.15, 0.2) is 60.9 Å². The number of rotatable bonds is 8. The fourth-order valence-corrected chi connectivity index (χ4v) is 2.99. The molecule has 0 saturated heterocycles. The number of aryl methyl sites for hydroxylation is 2. The Morgan fingerprint density at radius 3 is 2.79 bits per heavy atom. The van der Waals surface area contributed by atoms with Crippen molar-refractivity contribution in [3.05, 3.63) is 78.0 Å². The van der Waals surface area contributed by atoms with E-state index in [1.54, 1.807) is 0 Å². The Morgan fingerprint density at radius 1 is 1.00 bits per heavy atom. The van der Waals surface area contributed by atoms with Crippen molar-refractivity contribution in [2.75, 3.05) is 6.61 Å². The SMILES string of the molecule is Cc1cc(OCc2ccc3ccccc3n2)ccc1OCCCc1ncn[nH]1. The summed E-state index contributed by atoms with van der Waals surface area (Å²) in [5.41, 5.74) is 2.93. The molecule has 0 radical (unpaired) electrons. The first-order chi connectivity index (χ1) is 13.8. The molecule has 6 heteroatoms. The molecule has 1 N–H and O–H groups in total. The van der Waals surface area contributed by atoms with Gasteiger partial charge in [0, 0.05) is 11.8 Å². The van der Waals surface area contributed by atoms with E-state index >= 15 is 0 Å². The van der Waals surface area contributed by atoms with Gasteiger partial charge in [0.05, 0.1) is 17.8 Å². The van der Waals surface area contributed by atoms with E-state index in [2.05, 4.69) is 32.3 Å². The quantitative estimate of drug-likeness (QED) is 0.467. The third-order valence-corrected chi connectivity index (χ3v) is 4.47. The Bertz CT molecular complexity index is 1050. The van der Waals surface area contributed by atoms with E-state index < -0.39 is 0 Å². The first-order valence-electron chi connectivity index (χ1n) is 9.33. The average molecular weight is 374 g/mol. The summed E-state index contributed by atoms with van der Waals surface area (Å²) in [4.78, 5) is 8.75. The number of pyridine rings is 1. The molecule has 142 valence electrons. The van der Waals surface area contributed by atoms with Crippen LogP contribution in [0.3, 0.4) is 0 Å². The van der Waals surface area contributed by atoms with E-state index in [1.165, 1.54) is 6.33 Å². The highest BCUT2D eigenvalue weighted by molar-refractivity contribution is 5.78. The number of para-hydroxylation sites is 1. The van der Waals surface area contributed by atoms with Crippen LogP contribution in [-0.4, -0.2) is 26.8 Å². The van der Waals surface area contributed by atoms with E-state index in [1.807, 2.05) is 49.4 Å². The van der Waals surface area contributed by atoms with Gasteiger partial charge in [-0.05, 0) is 49.2 Å². The third-order valence-electron chi connectivity index (χ3n) is 4.47. The molecule has 0 amide bonds. The number of H-pyrrole nitrogens is 1. The molecule has 0 aliphatic rings. The van der Waals surface area contributed by atoms with Crippen LogP contribution in [0.4, 0.5) is 0 Å². The largest absolute Gasteiger partial charge is 0.493 e. The molecule has 0 aliphatic heterocycles. The minimum atomic E-state index is 0.432. The molecule has 2 aromatic heterocycles. The highest BCUT2D eigenvalue weighted by Crippen LogP contribution is 2.24. The predicted molar refractivity (Wildman–Crippen MR) is 107 cm³/mol. The number of fused-ring (bicyclic) bond motifs is 1. The minimum Gasteiger partial charge on any atom is -0.493 e. The van der Waals surface area contributed by atoms with Crippen LogP contribution in [0.25, 0.3) is 10.9 Å². The second-order valence-corrected chi connectivity index (χ2v) is 6.60. The predicted octanol–water partition coefficient (Wildman–Crippen LogP) is 4.25. The topological polar surface area (TPSA) is 72.9 Å². The molecule has 0 spiro atoms. The van der Waals surface area contributed by atoms with Crippen LogP contribution in [0, 0.1) is 6.92 Å². The normalized spacial score (nSPS) is 10.9. The number of hydrogen-bond donors (Lipinski definition) is 1. The van der Waals surface area contributed by atoms with E-state index in [9.17, 15) is 0 Å². The lowest BCUT2D eigenvalue weighted by atomic mass is 10.2. The van der Waals surface area contributed by atoms with Crippen LogP contribution in [0.5, 0.6) is 11.5 Å². The zero-order valence-corrected chi connectivity index (χ0v) is 15.8. The molecule has 0 aliphatic carbocycles. The van der Waals surface area contributed by atoms with E-state index in [4.69, 9.17) is 9.47 Å². The first-order valence-corrected chi connectivity index (χ1v) is 9.33. The zero-order valence-electron chi connectivity index (χ0n) is 15.8. The van der Waals surface area contributed by atoms with Crippen LogP contribution in [0.2, 0.25) is 0 Å². The Hall–Kier alpha value is -3.41. The van der Waals surface area contributed by atoms with Crippen molar-refractivity contribution >= 4 is 10.9 Å². The fourth-order valence-electron chi connectivity index (χ4n) is 2.99. The van der Waals surface area contributed by atoms with Gasteiger partial charge in [-0.1, -0.05) is 24.3 Å². The Kier molecular flexibility index (Phi) is 5.47. The Morgan fingerprint density at radius 2 is 1.93 bits per heavy atom. The minimum absolute atomic E-state index is 0.432. The summed E-state index contributed by atoms with van der Waals surface area (Å²) in [5.74, 6) is 2.56. The summed E-state index contributed by atoms with van der Waals surface area (Å²) >= 11 is 0.